The van der Waals surface area contributed by atoms with Crippen molar-refractivity contribution >= 4 is 0 Å². The largest absolute Gasteiger partial charge is 0.383 e. The monoisotopic (exact) mass is 290 g/mol. The summed E-state index contributed by atoms with van der Waals surface area (Å²) in [7, 11) is 1.78. The Morgan fingerprint density at radius 2 is 2.05 bits per heavy atom. The van der Waals surface area contributed by atoms with Gasteiger partial charge in [-0.05, 0) is 29.9 Å². The minimum atomic E-state index is 0.682. The van der Waals surface area contributed by atoms with E-state index in [1.807, 2.05) is 0 Å². The molecule has 0 bridgehead atoms. The Kier molecular flexibility index (Phi) is 6.68. The lowest BCUT2D eigenvalue weighted by Gasteiger charge is -2.24. The van der Waals surface area contributed by atoms with Crippen molar-refractivity contribution < 1.29 is 4.74 Å². The molecular weight excluding hydrogens is 260 g/mol. The van der Waals surface area contributed by atoms with E-state index in [4.69, 9.17) is 4.74 Å². The molecule has 0 aliphatic heterocycles. The number of rotatable bonds is 10. The van der Waals surface area contributed by atoms with Crippen LogP contribution in [0.3, 0.4) is 0 Å². The van der Waals surface area contributed by atoms with E-state index in [-0.39, 0.29) is 0 Å². The first-order chi connectivity index (χ1) is 10.2. The van der Waals surface area contributed by atoms with Gasteiger partial charge in [0.2, 0.25) is 0 Å². The van der Waals surface area contributed by atoms with Crippen LogP contribution in [0.1, 0.15) is 37.8 Å². The van der Waals surface area contributed by atoms with Crippen molar-refractivity contribution in [2.45, 2.75) is 45.8 Å². The number of benzene rings is 1. The third-order valence-corrected chi connectivity index (χ3v) is 3.80. The highest BCUT2D eigenvalue weighted by Gasteiger charge is 2.19. The number of hydrogen-bond acceptors (Lipinski definition) is 3. The summed E-state index contributed by atoms with van der Waals surface area (Å²) in [6, 6.07) is 9.76. The molecule has 0 saturated heterocycles. The Balaban J connectivity index is 1.89. The molecule has 0 heterocycles. The number of hydrogen-bond donors (Lipinski definition) is 1. The van der Waals surface area contributed by atoms with Gasteiger partial charge in [-0.1, -0.05) is 38.1 Å². The van der Waals surface area contributed by atoms with Crippen LogP contribution in [0.2, 0.25) is 0 Å². The molecule has 0 unspecified atom stereocenters. The van der Waals surface area contributed by atoms with Gasteiger partial charge in [-0.3, -0.25) is 4.90 Å². The maximum Gasteiger partial charge on any atom is 0.0589 e. The van der Waals surface area contributed by atoms with Crippen molar-refractivity contribution in [2.75, 3.05) is 26.8 Å². The van der Waals surface area contributed by atoms with E-state index in [1.54, 1.807) is 7.11 Å². The summed E-state index contributed by atoms with van der Waals surface area (Å²) in [5.41, 5.74) is 2.80. The highest BCUT2D eigenvalue weighted by atomic mass is 16.5. The smallest absolute Gasteiger partial charge is 0.0589 e. The Morgan fingerprint density at radius 1 is 1.29 bits per heavy atom. The summed E-state index contributed by atoms with van der Waals surface area (Å²) in [6.45, 7) is 9.48. The zero-order valence-electron chi connectivity index (χ0n) is 13.8. The van der Waals surface area contributed by atoms with Gasteiger partial charge in [0.05, 0.1) is 6.61 Å². The van der Waals surface area contributed by atoms with Gasteiger partial charge in [0.1, 0.15) is 0 Å². The third kappa shape index (κ3) is 6.60. The molecule has 0 amide bonds. The normalized spacial score (nSPS) is 15.1. The van der Waals surface area contributed by atoms with Gasteiger partial charge in [-0.2, -0.15) is 0 Å². The van der Waals surface area contributed by atoms with E-state index in [9.17, 15) is 0 Å². The first-order valence-electron chi connectivity index (χ1n) is 8.20. The topological polar surface area (TPSA) is 24.5 Å². The molecular formula is C18H30N2O. The Morgan fingerprint density at radius 3 is 2.71 bits per heavy atom. The molecule has 1 aromatic rings. The molecule has 0 aromatic heterocycles. The van der Waals surface area contributed by atoms with Crippen LogP contribution in [-0.4, -0.2) is 37.7 Å². The van der Waals surface area contributed by atoms with Crippen molar-refractivity contribution in [1.29, 1.82) is 0 Å². The predicted molar refractivity (Wildman–Crippen MR) is 88.3 cm³/mol. The van der Waals surface area contributed by atoms with Gasteiger partial charge in [-0.25, -0.2) is 0 Å². The van der Waals surface area contributed by atoms with E-state index >= 15 is 0 Å². The van der Waals surface area contributed by atoms with Gasteiger partial charge < -0.3 is 10.1 Å². The number of methoxy groups -OCH3 is 1. The van der Waals surface area contributed by atoms with Gasteiger partial charge in [0, 0.05) is 39.3 Å². The molecule has 2 rings (SSSR count). The molecule has 1 aliphatic rings. The number of nitrogens with zero attached hydrogens (tertiary/aromatic N) is 1. The molecule has 0 spiro atoms. The van der Waals surface area contributed by atoms with E-state index in [2.05, 4.69) is 48.3 Å². The Bertz CT molecular complexity index is 415. The highest BCUT2D eigenvalue weighted by molar-refractivity contribution is 5.23. The molecule has 0 radical (unpaired) electrons. The summed E-state index contributed by atoms with van der Waals surface area (Å²) < 4.78 is 5.24. The molecule has 118 valence electrons. The van der Waals surface area contributed by atoms with Crippen LogP contribution in [0.5, 0.6) is 0 Å². The van der Waals surface area contributed by atoms with E-state index < -0.39 is 0 Å². The van der Waals surface area contributed by atoms with Crippen molar-refractivity contribution in [2.24, 2.45) is 5.92 Å². The van der Waals surface area contributed by atoms with Crippen LogP contribution in [0.4, 0.5) is 0 Å². The molecule has 21 heavy (non-hydrogen) atoms. The summed E-state index contributed by atoms with van der Waals surface area (Å²) >= 11 is 0. The molecule has 3 nitrogen and oxygen atoms in total. The van der Waals surface area contributed by atoms with Gasteiger partial charge in [0.25, 0.3) is 0 Å². The molecule has 1 aliphatic carbocycles. The Hall–Kier alpha value is -0.900. The van der Waals surface area contributed by atoms with Crippen LogP contribution in [0.25, 0.3) is 0 Å². The zero-order chi connectivity index (χ0) is 15.1. The van der Waals surface area contributed by atoms with E-state index in [0.29, 0.717) is 5.92 Å². The van der Waals surface area contributed by atoms with Gasteiger partial charge in [-0.15, -0.1) is 0 Å². The fourth-order valence-corrected chi connectivity index (χ4v) is 2.62. The van der Waals surface area contributed by atoms with Crippen LogP contribution in [-0.2, 0) is 17.8 Å². The SMILES string of the molecule is COCCN(Cc1cccc(CNC2CC2)c1)CC(C)C. The average Bonchev–Trinajstić information content (AvgIpc) is 3.26. The van der Waals surface area contributed by atoms with Crippen LogP contribution < -0.4 is 5.32 Å². The maximum atomic E-state index is 5.24. The molecule has 1 N–H and O–H groups in total. The lowest BCUT2D eigenvalue weighted by molar-refractivity contribution is 0.136. The summed E-state index contributed by atoms with van der Waals surface area (Å²) in [6.07, 6.45) is 2.69. The molecule has 1 fully saturated rings. The molecule has 1 saturated carbocycles. The zero-order valence-corrected chi connectivity index (χ0v) is 13.8. The van der Waals surface area contributed by atoms with Crippen LogP contribution in [0, 0.1) is 5.92 Å². The standard InChI is InChI=1S/C18H30N2O/c1-15(2)13-20(9-10-21-3)14-17-6-4-5-16(11-17)12-19-18-7-8-18/h4-6,11,15,18-19H,7-10,12-14H2,1-3H3. The summed E-state index contributed by atoms with van der Waals surface area (Å²) in [5, 5.41) is 3.59. The number of nitrogens with one attached hydrogen (secondary N) is 1. The van der Waals surface area contributed by atoms with Crippen molar-refractivity contribution in [3.8, 4) is 0 Å². The fourth-order valence-electron chi connectivity index (χ4n) is 2.62. The highest BCUT2D eigenvalue weighted by Crippen LogP contribution is 2.19. The lowest BCUT2D eigenvalue weighted by atomic mass is 10.1. The Labute approximate surface area is 129 Å². The first-order valence-corrected chi connectivity index (χ1v) is 8.20. The van der Waals surface area contributed by atoms with Crippen LogP contribution in [0.15, 0.2) is 24.3 Å². The van der Waals surface area contributed by atoms with Crippen molar-refractivity contribution in [3.63, 3.8) is 0 Å². The predicted octanol–water partition coefficient (Wildman–Crippen LogP) is 3.04. The minimum Gasteiger partial charge on any atom is -0.383 e. The van der Waals surface area contributed by atoms with Gasteiger partial charge in [0.15, 0.2) is 0 Å². The van der Waals surface area contributed by atoms with Crippen molar-refractivity contribution in [1.82, 2.24) is 10.2 Å². The van der Waals surface area contributed by atoms with E-state index in [0.717, 1.165) is 38.8 Å². The second-order valence-corrected chi connectivity index (χ2v) is 6.60. The quantitative estimate of drug-likeness (QED) is 0.717. The number of ether oxygens (including phenoxy) is 1. The fraction of sp³-hybridized carbons (Fsp3) is 0.667. The van der Waals surface area contributed by atoms with E-state index in [1.165, 1.54) is 24.0 Å². The third-order valence-electron chi connectivity index (χ3n) is 3.80. The van der Waals surface area contributed by atoms with Crippen molar-refractivity contribution in [3.05, 3.63) is 35.4 Å². The average molecular weight is 290 g/mol. The second kappa shape index (κ2) is 8.52. The van der Waals surface area contributed by atoms with Crippen LogP contribution >= 0.6 is 0 Å². The minimum absolute atomic E-state index is 0.682. The first kappa shape index (κ1) is 16.5. The maximum absolute atomic E-state index is 5.24. The second-order valence-electron chi connectivity index (χ2n) is 6.60. The summed E-state index contributed by atoms with van der Waals surface area (Å²) in [4.78, 5) is 2.49. The summed E-state index contributed by atoms with van der Waals surface area (Å²) in [5.74, 6) is 0.682. The molecule has 0 atom stereocenters. The molecule has 3 heteroatoms. The van der Waals surface area contributed by atoms with Gasteiger partial charge >= 0.3 is 0 Å². The molecule has 1 aromatic carbocycles. The lowest BCUT2D eigenvalue weighted by Crippen LogP contribution is -2.30.